The normalized spacial score (nSPS) is 33.5. The summed E-state index contributed by atoms with van der Waals surface area (Å²) in [6, 6.07) is 7.00. The van der Waals surface area contributed by atoms with Crippen molar-refractivity contribution in [2.45, 2.75) is 43.6 Å². The number of methoxy groups -OCH3 is 1. The standard InChI is InChI=1S/C17H21NO2.ClH/c1-20-13-4-2-11-8-16-14-5-3-12(19)10-17(14,6-7-18-16)15(11)9-13;/h2,4,9,14,16,18H,3,5-8,10H2,1H3;1H/t14-,16+,17-;/m0./s1. The fourth-order valence-electron chi connectivity index (χ4n) is 4.85. The minimum absolute atomic E-state index is 0. The van der Waals surface area contributed by atoms with Crippen molar-refractivity contribution >= 4 is 18.2 Å². The Kier molecular flexibility index (Phi) is 3.74. The van der Waals surface area contributed by atoms with Crippen LogP contribution in [0.4, 0.5) is 0 Å². The van der Waals surface area contributed by atoms with Crippen molar-refractivity contribution in [2.75, 3.05) is 13.7 Å². The Balaban J connectivity index is 0.00000132. The fourth-order valence-corrected chi connectivity index (χ4v) is 4.85. The SMILES string of the molecule is COc1ccc2c(c1)[C@]13CCN[C@H](C2)[C@@H]1CCC(=O)C3.Cl. The average molecular weight is 308 g/mol. The molecule has 1 aliphatic heterocycles. The summed E-state index contributed by atoms with van der Waals surface area (Å²) in [6.07, 6.45) is 4.73. The molecule has 1 aromatic carbocycles. The number of hydrogen-bond donors (Lipinski definition) is 1. The first kappa shape index (κ1) is 14.9. The lowest BCUT2D eigenvalue weighted by Gasteiger charge is -2.55. The van der Waals surface area contributed by atoms with E-state index in [0.717, 1.165) is 44.4 Å². The molecule has 0 radical (unpaired) electrons. The molecule has 1 aromatic rings. The van der Waals surface area contributed by atoms with Gasteiger partial charge >= 0.3 is 0 Å². The van der Waals surface area contributed by atoms with E-state index >= 15 is 0 Å². The molecular weight excluding hydrogens is 286 g/mol. The van der Waals surface area contributed by atoms with E-state index in [4.69, 9.17) is 4.74 Å². The summed E-state index contributed by atoms with van der Waals surface area (Å²) < 4.78 is 5.42. The molecule has 3 aliphatic rings. The Labute approximate surface area is 131 Å². The first-order chi connectivity index (χ1) is 9.73. The maximum absolute atomic E-state index is 12.1. The van der Waals surface area contributed by atoms with Crippen LogP contribution in [0.15, 0.2) is 18.2 Å². The van der Waals surface area contributed by atoms with E-state index in [0.29, 0.717) is 17.7 Å². The van der Waals surface area contributed by atoms with Crippen molar-refractivity contribution < 1.29 is 9.53 Å². The summed E-state index contributed by atoms with van der Waals surface area (Å²) in [5.41, 5.74) is 2.88. The highest BCUT2D eigenvalue weighted by Gasteiger charge is 2.53. The highest BCUT2D eigenvalue weighted by molar-refractivity contribution is 5.85. The summed E-state index contributed by atoms with van der Waals surface area (Å²) in [4.78, 5) is 12.1. The molecule has 2 bridgehead atoms. The van der Waals surface area contributed by atoms with E-state index < -0.39 is 0 Å². The summed E-state index contributed by atoms with van der Waals surface area (Å²) in [7, 11) is 1.72. The van der Waals surface area contributed by atoms with Gasteiger partial charge in [0, 0.05) is 24.3 Å². The number of hydrogen-bond acceptors (Lipinski definition) is 3. The smallest absolute Gasteiger partial charge is 0.133 e. The number of Topliss-reactive ketones (excluding diaryl/α,β-unsaturated/α-hetero) is 1. The minimum Gasteiger partial charge on any atom is -0.497 e. The van der Waals surface area contributed by atoms with Gasteiger partial charge in [0.2, 0.25) is 0 Å². The third kappa shape index (κ3) is 2.09. The Bertz CT molecular complexity index is 574. The number of piperidine rings is 1. The zero-order valence-electron chi connectivity index (χ0n) is 12.4. The Morgan fingerprint density at radius 1 is 1.38 bits per heavy atom. The highest BCUT2D eigenvalue weighted by atomic mass is 35.5. The van der Waals surface area contributed by atoms with Crippen molar-refractivity contribution in [1.29, 1.82) is 0 Å². The molecular formula is C17H22ClNO2. The number of nitrogens with one attached hydrogen (secondary N) is 1. The number of halogens is 1. The van der Waals surface area contributed by atoms with Crippen molar-refractivity contribution in [2.24, 2.45) is 5.92 Å². The van der Waals surface area contributed by atoms with Crippen LogP contribution in [0, 0.1) is 5.92 Å². The zero-order chi connectivity index (χ0) is 13.7. The molecule has 1 saturated carbocycles. The van der Waals surface area contributed by atoms with Gasteiger partial charge in [-0.25, -0.2) is 0 Å². The minimum atomic E-state index is 0. The topological polar surface area (TPSA) is 38.3 Å². The number of ketones is 1. The van der Waals surface area contributed by atoms with E-state index in [1.807, 2.05) is 0 Å². The molecule has 1 heterocycles. The zero-order valence-corrected chi connectivity index (χ0v) is 13.2. The monoisotopic (exact) mass is 307 g/mol. The van der Waals surface area contributed by atoms with Crippen LogP contribution >= 0.6 is 12.4 Å². The van der Waals surface area contributed by atoms with Crippen molar-refractivity contribution in [1.82, 2.24) is 5.32 Å². The molecule has 0 aromatic heterocycles. The number of rotatable bonds is 1. The van der Waals surface area contributed by atoms with Crippen LogP contribution in [0.25, 0.3) is 0 Å². The second-order valence-corrected chi connectivity index (χ2v) is 6.55. The molecule has 4 rings (SSSR count). The maximum atomic E-state index is 12.1. The van der Waals surface area contributed by atoms with Crippen molar-refractivity contribution in [3.05, 3.63) is 29.3 Å². The number of benzene rings is 1. The highest BCUT2D eigenvalue weighted by Crippen LogP contribution is 2.53. The van der Waals surface area contributed by atoms with Gasteiger partial charge < -0.3 is 10.1 Å². The first-order valence-electron chi connectivity index (χ1n) is 7.65. The molecule has 21 heavy (non-hydrogen) atoms. The summed E-state index contributed by atoms with van der Waals surface area (Å²) in [5.74, 6) is 1.98. The van der Waals surface area contributed by atoms with Crippen molar-refractivity contribution in [3.8, 4) is 5.75 Å². The van der Waals surface area contributed by atoms with Crippen LogP contribution < -0.4 is 10.1 Å². The van der Waals surface area contributed by atoms with Crippen LogP contribution in [0.1, 0.15) is 36.8 Å². The lowest BCUT2D eigenvalue weighted by molar-refractivity contribution is -0.125. The Hall–Kier alpha value is -1.06. The van der Waals surface area contributed by atoms with Crippen LogP contribution in [-0.2, 0) is 16.6 Å². The Morgan fingerprint density at radius 3 is 3.05 bits per heavy atom. The number of carbonyl (C=O) groups excluding carboxylic acids is 1. The van der Waals surface area contributed by atoms with Gasteiger partial charge in [0.15, 0.2) is 0 Å². The first-order valence-corrected chi connectivity index (χ1v) is 7.65. The second kappa shape index (κ2) is 5.29. The lowest BCUT2D eigenvalue weighted by atomic mass is 9.52. The molecule has 0 amide bonds. The van der Waals surface area contributed by atoms with Crippen molar-refractivity contribution in [3.63, 3.8) is 0 Å². The largest absolute Gasteiger partial charge is 0.497 e. The third-order valence-electron chi connectivity index (χ3n) is 5.71. The lowest BCUT2D eigenvalue weighted by Crippen LogP contribution is -2.60. The maximum Gasteiger partial charge on any atom is 0.133 e. The average Bonchev–Trinajstić information content (AvgIpc) is 2.46. The number of carbonyl (C=O) groups is 1. The summed E-state index contributed by atoms with van der Waals surface area (Å²) in [6.45, 7) is 1.03. The molecule has 3 atom stereocenters. The van der Waals surface area contributed by atoms with Gasteiger partial charge in [-0.15, -0.1) is 12.4 Å². The van der Waals surface area contributed by atoms with E-state index in [9.17, 15) is 4.79 Å². The number of ether oxygens (including phenoxy) is 1. The molecule has 0 spiro atoms. The summed E-state index contributed by atoms with van der Waals surface area (Å²) >= 11 is 0. The van der Waals surface area contributed by atoms with E-state index in [1.165, 1.54) is 11.1 Å². The van der Waals surface area contributed by atoms with Gasteiger partial charge in [-0.3, -0.25) is 4.79 Å². The van der Waals surface area contributed by atoms with E-state index in [1.54, 1.807) is 7.11 Å². The van der Waals surface area contributed by atoms with Crippen LogP contribution in [0.3, 0.4) is 0 Å². The molecule has 2 aliphatic carbocycles. The quantitative estimate of drug-likeness (QED) is 0.867. The molecule has 2 fully saturated rings. The Morgan fingerprint density at radius 2 is 2.24 bits per heavy atom. The molecule has 1 saturated heterocycles. The van der Waals surface area contributed by atoms with Gasteiger partial charge in [-0.05, 0) is 55.0 Å². The molecule has 3 nitrogen and oxygen atoms in total. The van der Waals surface area contributed by atoms with Gasteiger partial charge in [0.1, 0.15) is 11.5 Å². The molecule has 0 unspecified atom stereocenters. The van der Waals surface area contributed by atoms with Crippen LogP contribution in [-0.4, -0.2) is 25.5 Å². The molecule has 114 valence electrons. The number of fused-ring (bicyclic) bond motifs is 1. The fraction of sp³-hybridized carbons (Fsp3) is 0.588. The van der Waals surface area contributed by atoms with E-state index in [2.05, 4.69) is 23.5 Å². The van der Waals surface area contributed by atoms with E-state index in [-0.39, 0.29) is 17.8 Å². The van der Waals surface area contributed by atoms with Crippen LogP contribution in [0.2, 0.25) is 0 Å². The molecule has 4 heteroatoms. The van der Waals surface area contributed by atoms with Gasteiger partial charge in [0.05, 0.1) is 7.11 Å². The summed E-state index contributed by atoms with van der Waals surface area (Å²) in [5, 5.41) is 3.69. The predicted molar refractivity (Wildman–Crippen MR) is 84.4 cm³/mol. The van der Waals surface area contributed by atoms with Gasteiger partial charge in [0.25, 0.3) is 0 Å². The predicted octanol–water partition coefficient (Wildman–Crippen LogP) is 2.64. The van der Waals surface area contributed by atoms with Gasteiger partial charge in [-0.1, -0.05) is 6.07 Å². The second-order valence-electron chi connectivity index (χ2n) is 6.55. The van der Waals surface area contributed by atoms with Gasteiger partial charge in [-0.2, -0.15) is 0 Å². The van der Waals surface area contributed by atoms with Crippen LogP contribution in [0.5, 0.6) is 5.75 Å². The molecule has 1 N–H and O–H groups in total. The third-order valence-corrected chi connectivity index (χ3v) is 5.71.